The van der Waals surface area contributed by atoms with E-state index < -0.39 is 5.82 Å². The molecule has 2 saturated heterocycles. The number of fused-ring (bicyclic) bond motifs is 2. The minimum absolute atomic E-state index is 0.0134. The van der Waals surface area contributed by atoms with Gasteiger partial charge in [0.05, 0.1) is 23.5 Å². The number of aromatic nitrogens is 3. The van der Waals surface area contributed by atoms with E-state index in [4.69, 9.17) is 0 Å². The molecule has 0 aliphatic carbocycles. The molecular weight excluding hydrogens is 389 g/mol. The van der Waals surface area contributed by atoms with Gasteiger partial charge in [-0.25, -0.2) is 9.37 Å². The maximum atomic E-state index is 15.4. The van der Waals surface area contributed by atoms with Gasteiger partial charge in [-0.1, -0.05) is 6.58 Å². The number of hydrogen-bond acceptors (Lipinski definition) is 6. The molecule has 0 bridgehead atoms. The summed E-state index contributed by atoms with van der Waals surface area (Å²) >= 11 is 0. The molecule has 2 amide bonds. The maximum Gasteiger partial charge on any atom is 0.255 e. The van der Waals surface area contributed by atoms with Crippen molar-refractivity contribution in [2.24, 2.45) is 13.0 Å². The van der Waals surface area contributed by atoms with Crippen molar-refractivity contribution < 1.29 is 14.0 Å². The fourth-order valence-electron chi connectivity index (χ4n) is 4.71. The average Bonchev–Trinajstić information content (AvgIpc) is 3.48. The molecule has 0 radical (unpaired) electrons. The number of nitrogens with one attached hydrogen (secondary N) is 2. The lowest BCUT2D eigenvalue weighted by Gasteiger charge is -2.25. The van der Waals surface area contributed by atoms with Crippen molar-refractivity contribution in [1.29, 1.82) is 0 Å². The number of likely N-dealkylation sites (tertiary alicyclic amines) is 1. The van der Waals surface area contributed by atoms with E-state index in [2.05, 4.69) is 27.3 Å². The Morgan fingerprint density at radius 3 is 3.00 bits per heavy atom. The fourth-order valence-corrected chi connectivity index (χ4v) is 4.71. The quantitative estimate of drug-likeness (QED) is 0.734. The van der Waals surface area contributed by atoms with Crippen molar-refractivity contribution in [2.45, 2.75) is 19.0 Å². The molecule has 2 N–H and O–H groups in total. The first-order chi connectivity index (χ1) is 14.5. The van der Waals surface area contributed by atoms with E-state index in [0.29, 0.717) is 36.7 Å². The van der Waals surface area contributed by atoms with Gasteiger partial charge in [0.25, 0.3) is 5.91 Å². The first-order valence-electron chi connectivity index (χ1n) is 9.90. The lowest BCUT2D eigenvalue weighted by atomic mass is 10.1. The highest BCUT2D eigenvalue weighted by atomic mass is 19.1. The second-order valence-corrected chi connectivity index (χ2v) is 7.92. The van der Waals surface area contributed by atoms with Gasteiger partial charge in [-0.2, -0.15) is 5.10 Å². The lowest BCUT2D eigenvalue weighted by molar-refractivity contribution is -0.126. The van der Waals surface area contributed by atoms with E-state index in [0.717, 1.165) is 6.42 Å². The van der Waals surface area contributed by atoms with E-state index in [-0.39, 0.29) is 41.7 Å². The summed E-state index contributed by atoms with van der Waals surface area (Å²) in [5.41, 5.74) is 1.20. The van der Waals surface area contributed by atoms with E-state index in [1.807, 2.05) is 9.80 Å². The lowest BCUT2D eigenvalue weighted by Crippen LogP contribution is -2.39. The smallest absolute Gasteiger partial charge is 0.255 e. The molecular formula is C20H22FN7O2. The molecule has 0 spiro atoms. The van der Waals surface area contributed by atoms with E-state index in [1.54, 1.807) is 24.1 Å². The van der Waals surface area contributed by atoms with Crippen LogP contribution in [-0.4, -0.2) is 57.2 Å². The normalized spacial score (nSPS) is 22.1. The van der Waals surface area contributed by atoms with Crippen LogP contribution in [0.3, 0.4) is 0 Å². The predicted octanol–water partition coefficient (Wildman–Crippen LogP) is 1.16. The van der Waals surface area contributed by atoms with Gasteiger partial charge in [0.15, 0.2) is 11.6 Å². The van der Waals surface area contributed by atoms with Crippen LogP contribution >= 0.6 is 0 Å². The van der Waals surface area contributed by atoms with Gasteiger partial charge in [-0.05, 0) is 12.5 Å². The number of carbonyl (C=O) groups excluding carboxylic acids is 2. The largest absolute Gasteiger partial charge is 0.352 e. The van der Waals surface area contributed by atoms with Crippen LogP contribution in [0.4, 0.5) is 21.7 Å². The Hall–Kier alpha value is -3.43. The maximum absolute atomic E-state index is 15.4. The first-order valence-corrected chi connectivity index (χ1v) is 9.90. The van der Waals surface area contributed by atoms with Crippen LogP contribution in [-0.2, 0) is 18.4 Å². The number of anilines is 3. The molecule has 10 heteroatoms. The van der Waals surface area contributed by atoms with Gasteiger partial charge >= 0.3 is 0 Å². The SMILES string of the molecule is C=CC(=O)N1CCC2CN(c3nc(Nc4cnn(C)c4)c4c(c3F)CNC4=O)CC21. The van der Waals surface area contributed by atoms with E-state index >= 15 is 4.39 Å². The molecule has 2 aromatic rings. The van der Waals surface area contributed by atoms with Crippen LogP contribution in [0, 0.1) is 11.7 Å². The molecule has 30 heavy (non-hydrogen) atoms. The number of amides is 2. The number of rotatable bonds is 4. The molecule has 156 valence electrons. The van der Waals surface area contributed by atoms with E-state index in [9.17, 15) is 9.59 Å². The minimum atomic E-state index is -0.485. The summed E-state index contributed by atoms with van der Waals surface area (Å²) in [4.78, 5) is 32.7. The van der Waals surface area contributed by atoms with Crippen molar-refractivity contribution in [3.63, 3.8) is 0 Å². The summed E-state index contributed by atoms with van der Waals surface area (Å²) in [5, 5.41) is 9.90. The third-order valence-electron chi connectivity index (χ3n) is 6.14. The van der Waals surface area contributed by atoms with Gasteiger partial charge in [-0.3, -0.25) is 14.3 Å². The van der Waals surface area contributed by atoms with Crippen molar-refractivity contribution in [3.8, 4) is 0 Å². The highest BCUT2D eigenvalue weighted by Gasteiger charge is 2.44. The van der Waals surface area contributed by atoms with Gasteiger partial charge in [0.1, 0.15) is 5.82 Å². The van der Waals surface area contributed by atoms with Gasteiger partial charge < -0.3 is 20.4 Å². The Kier molecular flexibility index (Phi) is 4.23. The van der Waals surface area contributed by atoms with Crippen LogP contribution in [0.5, 0.6) is 0 Å². The number of halogens is 1. The molecule has 2 fully saturated rings. The van der Waals surface area contributed by atoms with Crippen LogP contribution in [0.25, 0.3) is 0 Å². The van der Waals surface area contributed by atoms with Crippen LogP contribution in [0.1, 0.15) is 22.3 Å². The zero-order chi connectivity index (χ0) is 21.0. The molecule has 2 unspecified atom stereocenters. The highest BCUT2D eigenvalue weighted by molar-refractivity contribution is 6.03. The number of nitrogens with zero attached hydrogens (tertiary/aromatic N) is 5. The van der Waals surface area contributed by atoms with Gasteiger partial charge in [0.2, 0.25) is 5.91 Å². The summed E-state index contributed by atoms with van der Waals surface area (Å²) in [6, 6.07) is 0.0134. The molecule has 5 heterocycles. The molecule has 9 nitrogen and oxygen atoms in total. The Balaban J connectivity index is 1.50. The van der Waals surface area contributed by atoms with Crippen LogP contribution in [0.15, 0.2) is 25.0 Å². The second-order valence-electron chi connectivity index (χ2n) is 7.92. The zero-order valence-electron chi connectivity index (χ0n) is 16.6. The predicted molar refractivity (Wildman–Crippen MR) is 108 cm³/mol. The number of aryl methyl sites for hydroxylation is 1. The third-order valence-corrected chi connectivity index (χ3v) is 6.14. The average molecular weight is 411 g/mol. The summed E-state index contributed by atoms with van der Waals surface area (Å²) in [6.45, 7) is 5.51. The Morgan fingerprint density at radius 1 is 1.43 bits per heavy atom. The highest BCUT2D eigenvalue weighted by Crippen LogP contribution is 2.38. The summed E-state index contributed by atoms with van der Waals surface area (Å²) in [5.74, 6) is -0.159. The summed E-state index contributed by atoms with van der Waals surface area (Å²) in [7, 11) is 1.78. The molecule has 5 rings (SSSR count). The van der Waals surface area contributed by atoms with Gasteiger partial charge in [-0.15, -0.1) is 0 Å². The first kappa shape index (κ1) is 18.6. The number of carbonyl (C=O) groups is 2. The summed E-state index contributed by atoms with van der Waals surface area (Å²) in [6.07, 6.45) is 5.56. The fraction of sp³-hybridized carbons (Fsp3) is 0.400. The van der Waals surface area contributed by atoms with Gasteiger partial charge in [0, 0.05) is 50.9 Å². The van der Waals surface area contributed by atoms with Crippen molar-refractivity contribution in [1.82, 2.24) is 25.0 Å². The molecule has 0 saturated carbocycles. The molecule has 3 aliphatic heterocycles. The monoisotopic (exact) mass is 411 g/mol. The Labute approximate surface area is 172 Å². The molecule has 0 aromatic carbocycles. The third kappa shape index (κ3) is 2.82. The molecule has 2 aromatic heterocycles. The number of hydrogen-bond donors (Lipinski definition) is 2. The minimum Gasteiger partial charge on any atom is -0.352 e. The zero-order valence-corrected chi connectivity index (χ0v) is 16.6. The Bertz CT molecular complexity index is 1070. The topological polar surface area (TPSA) is 95.4 Å². The van der Waals surface area contributed by atoms with Crippen molar-refractivity contribution in [2.75, 3.05) is 29.9 Å². The van der Waals surface area contributed by atoms with Crippen molar-refractivity contribution in [3.05, 3.63) is 42.0 Å². The van der Waals surface area contributed by atoms with Crippen LogP contribution in [0.2, 0.25) is 0 Å². The number of pyridine rings is 1. The molecule has 2 atom stereocenters. The standard InChI is InChI=1S/C20H22FN7O2/c1-3-15(29)28-5-4-11-8-27(10-14(11)28)19-17(21)13-7-22-20(30)16(13)18(25-19)24-12-6-23-26(2)9-12/h3,6,9,11,14H,1,4-5,7-8,10H2,2H3,(H,22,30)(H,24,25). The van der Waals surface area contributed by atoms with Crippen LogP contribution < -0.4 is 15.5 Å². The second kappa shape index (κ2) is 6.82. The van der Waals surface area contributed by atoms with E-state index in [1.165, 1.54) is 6.08 Å². The summed E-state index contributed by atoms with van der Waals surface area (Å²) < 4.78 is 17.0. The molecule has 3 aliphatic rings. The Morgan fingerprint density at radius 2 is 2.27 bits per heavy atom. The van der Waals surface area contributed by atoms with Crippen molar-refractivity contribution >= 4 is 29.1 Å².